The van der Waals surface area contributed by atoms with E-state index in [-0.39, 0.29) is 0 Å². The Bertz CT molecular complexity index is 2610. The molecule has 2 nitrogen and oxygen atoms in total. The molecule has 0 aliphatic heterocycles. The van der Waals surface area contributed by atoms with Crippen molar-refractivity contribution in [3.63, 3.8) is 0 Å². The molecule has 0 fully saturated rings. The van der Waals surface area contributed by atoms with E-state index in [1.54, 1.807) is 0 Å². The Hall–Kier alpha value is -4.96. The number of nitrogens with zero attached hydrogens (tertiary/aromatic N) is 2. The Balaban J connectivity index is 0.000000127. The van der Waals surface area contributed by atoms with Crippen LogP contribution < -0.4 is 10.4 Å². The third-order valence-electron chi connectivity index (χ3n) is 9.47. The fourth-order valence-electron chi connectivity index (χ4n) is 7.09. The van der Waals surface area contributed by atoms with Crippen LogP contribution in [0.25, 0.3) is 65.6 Å². The summed E-state index contributed by atoms with van der Waals surface area (Å²) in [6.45, 7) is 4.29. The minimum absolute atomic E-state index is 0.777. The summed E-state index contributed by atoms with van der Waals surface area (Å²) in [5, 5.41) is 10.4. The van der Waals surface area contributed by atoms with Gasteiger partial charge < -0.3 is 0 Å². The number of rotatable bonds is 4. The van der Waals surface area contributed by atoms with Gasteiger partial charge in [0.25, 0.3) is 0 Å². The maximum atomic E-state index is 4.93. The number of benzene rings is 6. The van der Waals surface area contributed by atoms with Crippen molar-refractivity contribution in [1.82, 2.24) is 9.97 Å². The van der Waals surface area contributed by atoms with Gasteiger partial charge in [0.05, 0.1) is 11.0 Å². The van der Waals surface area contributed by atoms with Gasteiger partial charge in [-0.3, -0.25) is 9.97 Å². The molecular weight excluding hydrogens is 819 g/mol. The molecule has 0 N–H and O–H groups in total. The molecule has 2 aromatic heterocycles. The van der Waals surface area contributed by atoms with Gasteiger partial charge in [0.1, 0.15) is 9.52 Å². The van der Waals surface area contributed by atoms with Crippen LogP contribution in [0.2, 0.25) is 0 Å². The molecule has 56 heavy (non-hydrogen) atoms. The monoisotopic (exact) mass is 854 g/mol. The van der Waals surface area contributed by atoms with Gasteiger partial charge in [0, 0.05) is 23.2 Å². The molecule has 0 unspecified atom stereocenters. The summed E-state index contributed by atoms with van der Waals surface area (Å²) in [6.07, 6.45) is 3.73. The van der Waals surface area contributed by atoms with E-state index < -0.39 is 20.8 Å². The first-order valence-electron chi connectivity index (χ1n) is 18.4. The Kier molecular flexibility index (Phi) is 13.5. The predicted molar refractivity (Wildman–Crippen MR) is 240 cm³/mol. The van der Waals surface area contributed by atoms with Crippen molar-refractivity contribution in [3.05, 3.63) is 206 Å². The molecule has 0 atom stereocenters. The van der Waals surface area contributed by atoms with Gasteiger partial charge in [0.2, 0.25) is 0 Å². The molecule has 0 amide bonds. The number of hydrogen-bond acceptors (Lipinski definition) is 2. The molecule has 0 spiro atoms. The summed E-state index contributed by atoms with van der Waals surface area (Å²) >= 11 is -0.826. The third-order valence-corrected chi connectivity index (χ3v) is 10.7. The number of aromatic nitrogens is 2. The van der Waals surface area contributed by atoms with Crippen LogP contribution in [0.15, 0.2) is 194 Å². The largest absolute Gasteiger partial charge is 0.121 e. The van der Waals surface area contributed by atoms with E-state index in [0.717, 1.165) is 20.6 Å². The number of para-hydroxylation sites is 2. The van der Waals surface area contributed by atoms with Gasteiger partial charge >= 0.3 is 37.9 Å². The van der Waals surface area contributed by atoms with E-state index in [1.165, 1.54) is 76.1 Å². The SMILES string of the molecule is Cc1cc2c(-c3cccc4cccnc34)cccc2[cH-]1.Cc1cc2c(-c3cccc4cccnc34)cccc2[cH-]1.[Cl][Zr+2][Cl].c1ccc([Si]c2ccccc2)cc1. The molecule has 2 radical (unpaired) electrons. The molecule has 8 aromatic carbocycles. The minimum atomic E-state index is -0.826. The molecule has 0 aliphatic carbocycles. The van der Waals surface area contributed by atoms with Gasteiger partial charge in [-0.25, -0.2) is 0 Å². The summed E-state index contributed by atoms with van der Waals surface area (Å²) < 4.78 is 0. The number of hydrogen-bond donors (Lipinski definition) is 0. The Labute approximate surface area is 350 Å². The second kappa shape index (κ2) is 19.3. The van der Waals surface area contributed by atoms with Crippen molar-refractivity contribution in [3.8, 4) is 22.3 Å². The van der Waals surface area contributed by atoms with Gasteiger partial charge in [-0.05, 0) is 23.3 Å². The molecule has 10 rings (SSSR count). The summed E-state index contributed by atoms with van der Waals surface area (Å²) in [5.74, 6) is 0. The zero-order valence-electron chi connectivity index (χ0n) is 31.1. The summed E-state index contributed by atoms with van der Waals surface area (Å²) in [6, 6.07) is 64.0. The normalized spacial score (nSPS) is 10.5. The molecule has 0 saturated carbocycles. The molecule has 2 heterocycles. The summed E-state index contributed by atoms with van der Waals surface area (Å²) in [4.78, 5) is 9.14. The van der Waals surface area contributed by atoms with Crippen LogP contribution in [0.3, 0.4) is 0 Å². The smallest absolute Gasteiger partial charge is 0.0631 e. The molecular formula is C50H38Cl2N2SiZr. The van der Waals surface area contributed by atoms with E-state index >= 15 is 0 Å². The van der Waals surface area contributed by atoms with Crippen molar-refractivity contribution >= 4 is 80.3 Å². The van der Waals surface area contributed by atoms with E-state index in [4.69, 9.17) is 17.0 Å². The predicted octanol–water partition coefficient (Wildman–Crippen LogP) is 12.9. The Morgan fingerprint density at radius 2 is 0.821 bits per heavy atom. The van der Waals surface area contributed by atoms with Crippen LogP contribution in [0, 0.1) is 13.8 Å². The van der Waals surface area contributed by atoms with Crippen LogP contribution in [0.1, 0.15) is 11.1 Å². The topological polar surface area (TPSA) is 25.8 Å². The molecule has 0 saturated heterocycles. The van der Waals surface area contributed by atoms with Gasteiger partial charge in [0.15, 0.2) is 0 Å². The molecule has 270 valence electrons. The molecule has 0 aliphatic rings. The van der Waals surface area contributed by atoms with E-state index in [2.05, 4.69) is 194 Å². The average Bonchev–Trinajstić information content (AvgIpc) is 3.83. The van der Waals surface area contributed by atoms with E-state index in [9.17, 15) is 0 Å². The van der Waals surface area contributed by atoms with Crippen LogP contribution in [-0.2, 0) is 20.8 Å². The first-order chi connectivity index (χ1) is 27.5. The summed E-state index contributed by atoms with van der Waals surface area (Å²) in [7, 11) is 10.6. The maximum Gasteiger partial charge on any atom is 0.121 e. The number of fused-ring (bicyclic) bond motifs is 4. The zero-order chi connectivity index (χ0) is 38.7. The van der Waals surface area contributed by atoms with Crippen LogP contribution >= 0.6 is 17.0 Å². The second-order valence-corrected chi connectivity index (χ2v) is 18.5. The van der Waals surface area contributed by atoms with Crippen molar-refractivity contribution in [2.24, 2.45) is 0 Å². The first kappa shape index (κ1) is 39.3. The average molecular weight is 857 g/mol. The van der Waals surface area contributed by atoms with Gasteiger partial charge in [-0.1, -0.05) is 157 Å². The van der Waals surface area contributed by atoms with Crippen LogP contribution in [-0.4, -0.2) is 19.5 Å². The van der Waals surface area contributed by atoms with Crippen LogP contribution in [0.4, 0.5) is 0 Å². The minimum Gasteiger partial charge on any atom is -0.0631 e. The van der Waals surface area contributed by atoms with E-state index in [0.29, 0.717) is 0 Å². The molecule has 6 heteroatoms. The Morgan fingerprint density at radius 1 is 0.446 bits per heavy atom. The van der Waals surface area contributed by atoms with Gasteiger partial charge in [-0.15, -0.1) is 69.1 Å². The van der Waals surface area contributed by atoms with E-state index in [1.807, 2.05) is 24.5 Å². The van der Waals surface area contributed by atoms with Crippen LogP contribution in [0.5, 0.6) is 0 Å². The quantitative estimate of drug-likeness (QED) is 0.130. The molecule has 10 aromatic rings. The fourth-order valence-corrected chi connectivity index (χ4v) is 8.14. The number of pyridine rings is 2. The zero-order valence-corrected chi connectivity index (χ0v) is 36.1. The van der Waals surface area contributed by atoms with Crippen molar-refractivity contribution in [2.45, 2.75) is 13.8 Å². The first-order valence-corrected chi connectivity index (χ1v) is 25.7. The van der Waals surface area contributed by atoms with Crippen molar-refractivity contribution in [2.75, 3.05) is 0 Å². The maximum absolute atomic E-state index is 4.93. The standard InChI is InChI=1S/2C19H14N.C12H10Si.2ClH.Zr/c2*1-13-11-15-6-3-8-16(18(15)12-13)17-9-2-5-14-7-4-10-20-19(14)17;1-3-7-11(8-4-1)13-12-9-5-2-6-10-12;;;/h2*2-12H,1H3;1-10H;2*1H;/q2*-1;;;;+4/p-2. The third kappa shape index (κ3) is 9.52. The van der Waals surface area contributed by atoms with Crippen molar-refractivity contribution < 1.29 is 20.8 Å². The fraction of sp³-hybridized carbons (Fsp3) is 0.0400. The van der Waals surface area contributed by atoms with Crippen molar-refractivity contribution in [1.29, 1.82) is 0 Å². The Morgan fingerprint density at radius 3 is 1.25 bits per heavy atom. The number of halogens is 2. The second-order valence-electron chi connectivity index (χ2n) is 13.4. The summed E-state index contributed by atoms with van der Waals surface area (Å²) in [5.41, 5.74) is 9.70. The number of aryl methyl sites for hydroxylation is 2. The van der Waals surface area contributed by atoms with Gasteiger partial charge in [-0.2, -0.15) is 12.1 Å². The molecule has 0 bridgehead atoms.